The second kappa shape index (κ2) is 6.74. The van der Waals surface area contributed by atoms with Crippen molar-refractivity contribution >= 4 is 17.5 Å². The fourth-order valence-electron chi connectivity index (χ4n) is 1.97. The first-order valence-electron chi connectivity index (χ1n) is 7.66. The van der Waals surface area contributed by atoms with E-state index in [2.05, 4.69) is 39.8 Å². The van der Waals surface area contributed by atoms with Gasteiger partial charge in [-0.05, 0) is 26.7 Å². The highest BCUT2D eigenvalue weighted by molar-refractivity contribution is 5.81. The third-order valence-electron chi connectivity index (χ3n) is 3.38. The summed E-state index contributed by atoms with van der Waals surface area (Å²) in [5.41, 5.74) is 0.945. The largest absolute Gasteiger partial charge is 0.370 e. The molecule has 0 unspecified atom stereocenters. The second-order valence-electron chi connectivity index (χ2n) is 5.78. The Morgan fingerprint density at radius 2 is 1.86 bits per heavy atom. The Balaban J connectivity index is 2.09. The number of nitrogens with one attached hydrogen (secondary N) is 3. The van der Waals surface area contributed by atoms with Crippen LogP contribution >= 0.6 is 0 Å². The molecule has 1 aliphatic carbocycles. The minimum absolute atomic E-state index is 0.0200. The van der Waals surface area contributed by atoms with Gasteiger partial charge < -0.3 is 16.0 Å². The first-order chi connectivity index (χ1) is 10.0. The Bertz CT molecular complexity index is 511. The molecule has 0 radical (unpaired) electrons. The Kier molecular flexibility index (Phi) is 4.98. The molecule has 1 fully saturated rings. The molecule has 1 amide bonds. The Hall–Kier alpha value is -1.85. The van der Waals surface area contributed by atoms with Crippen LogP contribution in [0.5, 0.6) is 0 Å². The maximum absolute atomic E-state index is 11.8. The minimum atomic E-state index is 0.0200. The molecule has 1 aliphatic rings. The maximum atomic E-state index is 11.8. The van der Waals surface area contributed by atoms with Crippen LogP contribution in [0.3, 0.4) is 0 Å². The van der Waals surface area contributed by atoms with E-state index in [0.717, 1.165) is 42.4 Å². The highest BCUT2D eigenvalue weighted by Gasteiger charge is 2.23. The van der Waals surface area contributed by atoms with Crippen LogP contribution in [0.2, 0.25) is 0 Å². The zero-order valence-electron chi connectivity index (χ0n) is 13.3. The van der Waals surface area contributed by atoms with E-state index >= 15 is 0 Å². The monoisotopic (exact) mass is 291 g/mol. The smallest absolute Gasteiger partial charge is 0.239 e. The van der Waals surface area contributed by atoms with Crippen LogP contribution in [0.25, 0.3) is 0 Å². The Morgan fingerprint density at radius 3 is 2.38 bits per heavy atom. The van der Waals surface area contributed by atoms with Crippen LogP contribution in [0, 0.1) is 6.92 Å². The normalized spacial score (nSPS) is 14.1. The molecule has 2 rings (SSSR count). The molecule has 0 aromatic carbocycles. The summed E-state index contributed by atoms with van der Waals surface area (Å²) in [7, 11) is 0. The zero-order chi connectivity index (χ0) is 15.4. The van der Waals surface area contributed by atoms with Crippen molar-refractivity contribution in [3.8, 4) is 0 Å². The molecule has 0 aliphatic heterocycles. The Morgan fingerprint density at radius 1 is 1.24 bits per heavy atom. The first kappa shape index (κ1) is 15.5. The van der Waals surface area contributed by atoms with Crippen molar-refractivity contribution in [3.63, 3.8) is 0 Å². The van der Waals surface area contributed by atoms with Gasteiger partial charge in [0.25, 0.3) is 0 Å². The van der Waals surface area contributed by atoms with Crippen molar-refractivity contribution in [2.45, 2.75) is 52.5 Å². The van der Waals surface area contributed by atoms with E-state index < -0.39 is 0 Å². The van der Waals surface area contributed by atoms with Crippen LogP contribution in [-0.2, 0) is 4.79 Å². The summed E-state index contributed by atoms with van der Waals surface area (Å²) in [6, 6.07) is 0.384. The average molecular weight is 291 g/mol. The molecule has 1 heterocycles. The lowest BCUT2D eigenvalue weighted by atomic mass is 10.2. The van der Waals surface area contributed by atoms with Crippen molar-refractivity contribution in [2.24, 2.45) is 0 Å². The molecule has 0 atom stereocenters. The number of hydrogen-bond acceptors (Lipinski definition) is 5. The molecule has 0 bridgehead atoms. The molecule has 0 saturated heterocycles. The van der Waals surface area contributed by atoms with Crippen LogP contribution in [0.15, 0.2) is 0 Å². The number of carbonyl (C=O) groups is 1. The summed E-state index contributed by atoms with van der Waals surface area (Å²) in [5, 5.41) is 9.35. The second-order valence-corrected chi connectivity index (χ2v) is 5.78. The number of hydrogen-bond donors (Lipinski definition) is 3. The van der Waals surface area contributed by atoms with Crippen molar-refractivity contribution in [1.29, 1.82) is 0 Å². The van der Waals surface area contributed by atoms with Gasteiger partial charge in [0, 0.05) is 24.1 Å². The van der Waals surface area contributed by atoms with Gasteiger partial charge in [0.05, 0.1) is 6.54 Å². The zero-order valence-corrected chi connectivity index (χ0v) is 13.3. The summed E-state index contributed by atoms with van der Waals surface area (Å²) in [6.07, 6.45) is 2.20. The fourth-order valence-corrected chi connectivity index (χ4v) is 1.97. The molecule has 3 N–H and O–H groups in total. The quantitative estimate of drug-likeness (QED) is 0.716. The van der Waals surface area contributed by atoms with Gasteiger partial charge in [-0.25, -0.2) is 9.97 Å². The van der Waals surface area contributed by atoms with Crippen molar-refractivity contribution < 1.29 is 4.79 Å². The summed E-state index contributed by atoms with van der Waals surface area (Å²) in [5.74, 6) is 2.61. The SMILES string of the molecule is CCNc1nc(C(C)C)nc(NCC(=O)NC2CC2)c1C. The topological polar surface area (TPSA) is 78.9 Å². The lowest BCUT2D eigenvalue weighted by molar-refractivity contribution is -0.119. The molecular weight excluding hydrogens is 266 g/mol. The molecule has 1 aromatic heterocycles. The maximum Gasteiger partial charge on any atom is 0.239 e. The number of anilines is 2. The van der Waals surface area contributed by atoms with Crippen LogP contribution in [0.4, 0.5) is 11.6 Å². The molecule has 21 heavy (non-hydrogen) atoms. The summed E-state index contributed by atoms with van der Waals surface area (Å²) < 4.78 is 0. The number of rotatable bonds is 7. The Labute approximate surface area is 126 Å². The van der Waals surface area contributed by atoms with E-state index in [-0.39, 0.29) is 18.4 Å². The third kappa shape index (κ3) is 4.31. The first-order valence-corrected chi connectivity index (χ1v) is 7.66. The molecular formula is C15H25N5O. The van der Waals surface area contributed by atoms with E-state index in [1.807, 2.05) is 13.8 Å². The lowest BCUT2D eigenvalue weighted by Gasteiger charge is -2.15. The van der Waals surface area contributed by atoms with E-state index in [0.29, 0.717) is 6.04 Å². The molecule has 1 saturated carbocycles. The van der Waals surface area contributed by atoms with Gasteiger partial charge in [0.15, 0.2) is 0 Å². The standard InChI is InChI=1S/C15H25N5O/c1-5-16-14-10(4)15(20-13(19-14)9(2)3)17-8-12(21)18-11-6-7-11/h9,11H,5-8H2,1-4H3,(H,18,21)(H2,16,17,19,20). The van der Waals surface area contributed by atoms with E-state index in [1.165, 1.54) is 0 Å². The van der Waals surface area contributed by atoms with Gasteiger partial charge in [0.2, 0.25) is 5.91 Å². The molecule has 6 heteroatoms. The highest BCUT2D eigenvalue weighted by Crippen LogP contribution is 2.23. The number of aromatic nitrogens is 2. The molecule has 0 spiro atoms. The van der Waals surface area contributed by atoms with Gasteiger partial charge >= 0.3 is 0 Å². The average Bonchev–Trinajstić information content (AvgIpc) is 3.23. The minimum Gasteiger partial charge on any atom is -0.370 e. The van der Waals surface area contributed by atoms with Crippen molar-refractivity contribution in [2.75, 3.05) is 23.7 Å². The summed E-state index contributed by atoms with van der Waals surface area (Å²) >= 11 is 0. The molecule has 1 aromatic rings. The van der Waals surface area contributed by atoms with Crippen LogP contribution < -0.4 is 16.0 Å². The third-order valence-corrected chi connectivity index (χ3v) is 3.38. The van der Waals surface area contributed by atoms with E-state index in [9.17, 15) is 4.79 Å². The predicted molar refractivity (Wildman–Crippen MR) is 84.7 cm³/mol. The molecule has 116 valence electrons. The number of carbonyl (C=O) groups excluding carboxylic acids is 1. The van der Waals surface area contributed by atoms with Crippen molar-refractivity contribution in [3.05, 3.63) is 11.4 Å². The van der Waals surface area contributed by atoms with E-state index in [4.69, 9.17) is 0 Å². The van der Waals surface area contributed by atoms with Gasteiger partial charge in [-0.3, -0.25) is 4.79 Å². The van der Waals surface area contributed by atoms with Gasteiger partial charge in [-0.2, -0.15) is 0 Å². The summed E-state index contributed by atoms with van der Waals surface area (Å²) in [6.45, 7) is 9.17. The lowest BCUT2D eigenvalue weighted by Crippen LogP contribution is -2.31. The number of amides is 1. The van der Waals surface area contributed by atoms with Gasteiger partial charge in [0.1, 0.15) is 17.5 Å². The van der Waals surface area contributed by atoms with Crippen LogP contribution in [-0.4, -0.2) is 35.0 Å². The van der Waals surface area contributed by atoms with Crippen LogP contribution in [0.1, 0.15) is 50.9 Å². The predicted octanol–water partition coefficient (Wildman–Crippen LogP) is 2.03. The summed E-state index contributed by atoms with van der Waals surface area (Å²) in [4.78, 5) is 20.9. The fraction of sp³-hybridized carbons (Fsp3) is 0.667. The van der Waals surface area contributed by atoms with Crippen molar-refractivity contribution in [1.82, 2.24) is 15.3 Å². The van der Waals surface area contributed by atoms with Gasteiger partial charge in [-0.1, -0.05) is 13.8 Å². The van der Waals surface area contributed by atoms with E-state index in [1.54, 1.807) is 0 Å². The molecule has 6 nitrogen and oxygen atoms in total. The number of nitrogens with zero attached hydrogens (tertiary/aromatic N) is 2. The highest BCUT2D eigenvalue weighted by atomic mass is 16.2. The van der Waals surface area contributed by atoms with Gasteiger partial charge in [-0.15, -0.1) is 0 Å².